The van der Waals surface area contributed by atoms with Crippen molar-refractivity contribution in [3.8, 4) is 0 Å². The van der Waals surface area contributed by atoms with Crippen LogP contribution in [0.3, 0.4) is 0 Å². The molecule has 5 fully saturated rings. The van der Waals surface area contributed by atoms with Crippen molar-refractivity contribution in [2.75, 3.05) is 26.4 Å². The van der Waals surface area contributed by atoms with Crippen LogP contribution in [0.4, 0.5) is 0 Å². The fourth-order valence-corrected chi connectivity index (χ4v) is 11.4. The molecule has 12 unspecified atom stereocenters. The van der Waals surface area contributed by atoms with E-state index in [-0.39, 0.29) is 24.9 Å². The highest BCUT2D eigenvalue weighted by atomic mass is 17.1. The van der Waals surface area contributed by atoms with Crippen LogP contribution < -0.4 is 0 Å². The Morgan fingerprint density at radius 1 is 0.857 bits per heavy atom. The molecule has 1 saturated heterocycles. The van der Waals surface area contributed by atoms with Gasteiger partial charge in [-0.1, -0.05) is 19.9 Å². The summed E-state index contributed by atoms with van der Waals surface area (Å²) in [5, 5.41) is 144. The maximum absolute atomic E-state index is 14.0. The van der Waals surface area contributed by atoms with Gasteiger partial charge in [0.15, 0.2) is 11.5 Å². The molecule has 0 aromatic rings. The topological polar surface area (TPSA) is 356 Å². The van der Waals surface area contributed by atoms with E-state index in [9.17, 15) is 71.3 Å². The van der Waals surface area contributed by atoms with Crippen molar-refractivity contribution >= 4 is 5.97 Å². The van der Waals surface area contributed by atoms with Crippen LogP contribution in [-0.2, 0) is 33.4 Å². The third kappa shape index (κ3) is 9.89. The number of carbonyl (C=O) groups excluding carboxylic acids is 1. The molecule has 1 aliphatic heterocycles. The van der Waals surface area contributed by atoms with Crippen LogP contribution in [0.25, 0.3) is 0 Å². The molecule has 1 spiro atoms. The lowest BCUT2D eigenvalue weighted by molar-refractivity contribution is -0.306. The first-order chi connectivity index (χ1) is 29.6. The van der Waals surface area contributed by atoms with Crippen LogP contribution in [0, 0.1) is 28.1 Å². The van der Waals surface area contributed by atoms with E-state index in [0.29, 0.717) is 56.9 Å². The van der Waals surface area contributed by atoms with E-state index >= 15 is 0 Å². The van der Waals surface area contributed by atoms with Gasteiger partial charge in [-0.25, -0.2) is 5.26 Å². The number of aliphatic hydroxyl groups is 13. The average Bonchev–Trinajstić information content (AvgIpc) is 3.44. The van der Waals surface area contributed by atoms with E-state index in [1.54, 1.807) is 6.92 Å². The van der Waals surface area contributed by atoms with E-state index in [4.69, 9.17) is 28.8 Å². The number of fused-ring (bicyclic) bond motifs is 3. The lowest BCUT2D eigenvalue weighted by atomic mass is 9.41. The second-order valence-corrected chi connectivity index (χ2v) is 18.6. The molecular weight excluding hydrogens is 840 g/mol. The molecular formula is C42H68O21. The van der Waals surface area contributed by atoms with E-state index in [1.807, 2.05) is 0 Å². The molecule has 2 bridgehead atoms. The lowest BCUT2D eigenvalue weighted by Gasteiger charge is -2.64. The van der Waals surface area contributed by atoms with E-state index < -0.39 is 145 Å². The van der Waals surface area contributed by atoms with Crippen molar-refractivity contribution in [2.45, 2.75) is 165 Å². The van der Waals surface area contributed by atoms with Gasteiger partial charge in [-0.15, -0.1) is 0 Å². The molecule has 5 rings (SSSR count). The predicted octanol–water partition coefficient (Wildman–Crippen LogP) is -0.627. The summed E-state index contributed by atoms with van der Waals surface area (Å²) in [4.78, 5) is 18.5. The Bertz CT molecular complexity index is 1660. The van der Waals surface area contributed by atoms with Crippen LogP contribution in [-0.4, -0.2) is 177 Å². The maximum Gasteiger partial charge on any atom is 0.314 e. The van der Waals surface area contributed by atoms with Gasteiger partial charge in [-0.2, -0.15) is 0 Å². The van der Waals surface area contributed by atoms with Gasteiger partial charge in [-0.05, 0) is 93.5 Å². The molecule has 0 aromatic carbocycles. The molecule has 21 heteroatoms. The smallest absolute Gasteiger partial charge is 0.314 e. The van der Waals surface area contributed by atoms with Gasteiger partial charge in [0.1, 0.15) is 42.7 Å². The molecule has 4 aliphatic carbocycles. The van der Waals surface area contributed by atoms with Crippen LogP contribution in [0.2, 0.25) is 0 Å². The Balaban J connectivity index is 1.32. The van der Waals surface area contributed by atoms with Crippen molar-refractivity contribution in [1.29, 1.82) is 0 Å². The Labute approximate surface area is 364 Å². The van der Waals surface area contributed by atoms with Crippen LogP contribution in [0.1, 0.15) is 91.4 Å². The minimum absolute atomic E-state index is 0.00627. The van der Waals surface area contributed by atoms with Crippen LogP contribution in [0.5, 0.6) is 0 Å². The average molecular weight is 909 g/mol. The number of esters is 1. The Kier molecular flexibility index (Phi) is 16.6. The fourth-order valence-electron chi connectivity index (χ4n) is 11.4. The van der Waals surface area contributed by atoms with Gasteiger partial charge in [0, 0.05) is 26.1 Å². The summed E-state index contributed by atoms with van der Waals surface area (Å²) in [7, 11) is 0. The van der Waals surface area contributed by atoms with Gasteiger partial charge in [0.25, 0.3) is 6.29 Å². The zero-order valence-electron chi connectivity index (χ0n) is 35.9. The molecule has 63 heavy (non-hydrogen) atoms. The molecule has 4 saturated carbocycles. The first-order valence-electron chi connectivity index (χ1n) is 21.6. The molecule has 362 valence electrons. The second kappa shape index (κ2) is 20.4. The Morgan fingerprint density at radius 2 is 1.54 bits per heavy atom. The molecule has 0 radical (unpaired) electrons. The van der Waals surface area contributed by atoms with Crippen molar-refractivity contribution < 1.29 is 105 Å². The highest BCUT2D eigenvalue weighted by molar-refractivity contribution is 5.77. The summed E-state index contributed by atoms with van der Waals surface area (Å²) in [5.74, 6) is -4.85. The maximum atomic E-state index is 14.0. The molecule has 0 amide bonds. The lowest BCUT2D eigenvalue weighted by Crippen LogP contribution is -2.60. The standard InChI is InChI=1S/C42H68O21/c1-20-16-41-12-6-26-39(3,10-5-11-40(26,4)38(56)61-35(54)31(52)28(49)22(46)9-15-58-21(2)24(48)17-44)27(41)7-13-42(20,19-41)62-36(55)34(33(63-57)23(47)8-14-43)60-37-32(53)30(51)29(50)25(18-45)59-37/h21-27,29-30,32,35-37,43-55,57H,1,5-19H2,2-4H3/b31-28-,34-33-/t21?,22?,23?,24?,25?,26?,27-,29?,30?,32?,35?,36?,37?,39+,40+,41+,42-/m0/s1. The van der Waals surface area contributed by atoms with Crippen molar-refractivity contribution in [1.82, 2.24) is 0 Å². The molecule has 0 aromatic heterocycles. The number of rotatable bonds is 20. The number of hydrogen-bond acceptors (Lipinski definition) is 21. The highest BCUT2D eigenvalue weighted by Crippen LogP contribution is 2.73. The third-order valence-corrected chi connectivity index (χ3v) is 14.8. The quantitative estimate of drug-likeness (QED) is 0.0181. The summed E-state index contributed by atoms with van der Waals surface area (Å²) in [6.45, 7) is 7.59. The first-order valence-corrected chi connectivity index (χ1v) is 21.6. The van der Waals surface area contributed by atoms with Crippen molar-refractivity contribution in [3.63, 3.8) is 0 Å². The van der Waals surface area contributed by atoms with Gasteiger partial charge in [-0.3, -0.25) is 4.79 Å². The minimum Gasteiger partial charge on any atom is -0.506 e. The Hall–Kier alpha value is -2.71. The van der Waals surface area contributed by atoms with Crippen LogP contribution in [0.15, 0.2) is 35.2 Å². The number of aliphatic hydroxyl groups excluding tert-OH is 13. The van der Waals surface area contributed by atoms with Gasteiger partial charge in [0.05, 0.1) is 30.3 Å². The third-order valence-electron chi connectivity index (χ3n) is 14.8. The van der Waals surface area contributed by atoms with Crippen molar-refractivity contribution in [3.05, 3.63) is 35.2 Å². The van der Waals surface area contributed by atoms with Gasteiger partial charge in [0.2, 0.25) is 24.1 Å². The van der Waals surface area contributed by atoms with Crippen LogP contribution >= 0.6 is 0 Å². The van der Waals surface area contributed by atoms with E-state index in [0.717, 1.165) is 6.42 Å². The first kappa shape index (κ1) is 51.3. The highest BCUT2D eigenvalue weighted by Gasteiger charge is 2.69. The van der Waals surface area contributed by atoms with Crippen molar-refractivity contribution in [2.24, 2.45) is 28.1 Å². The fraction of sp³-hybridized carbons (Fsp3) is 0.833. The zero-order valence-corrected chi connectivity index (χ0v) is 35.9. The monoisotopic (exact) mass is 908 g/mol. The number of carbonyl (C=O) groups is 1. The second-order valence-electron chi connectivity index (χ2n) is 18.6. The Morgan fingerprint density at radius 3 is 2.17 bits per heavy atom. The molecule has 21 nitrogen and oxygen atoms in total. The largest absolute Gasteiger partial charge is 0.506 e. The zero-order chi connectivity index (χ0) is 46.8. The predicted molar refractivity (Wildman–Crippen MR) is 213 cm³/mol. The SMILES string of the molecule is C=C1C[C@@]23CCC4[C@](C)(C(=O)OC(O)/C(O)=C(/O)C(O)CCOC(C)C(O)CO)CCC[C@@]4(C)[C@@H]2CC[C@]1(OC(O)/C(OC1OC(CO)C(O)C(O)C1O)=C(/OO)C(O)CCO)C3. The normalized spacial score (nSPS) is 39.0. The minimum atomic E-state index is -2.30. The van der Waals surface area contributed by atoms with E-state index in [1.165, 1.54) is 6.92 Å². The molecule has 1 heterocycles. The molecule has 17 atom stereocenters. The summed E-state index contributed by atoms with van der Waals surface area (Å²) in [5.41, 5.74) is -2.61. The molecule has 5 aliphatic rings. The summed E-state index contributed by atoms with van der Waals surface area (Å²) in [6.07, 6.45) is -14.9. The summed E-state index contributed by atoms with van der Waals surface area (Å²) < 4.78 is 28.3. The molecule has 14 N–H and O–H groups in total. The number of hydrogen-bond donors (Lipinski definition) is 14. The van der Waals surface area contributed by atoms with Gasteiger partial charge < -0.3 is 95.0 Å². The summed E-state index contributed by atoms with van der Waals surface area (Å²) >= 11 is 0. The number of ether oxygens (including phenoxy) is 5. The van der Waals surface area contributed by atoms with Gasteiger partial charge >= 0.3 is 5.97 Å². The summed E-state index contributed by atoms with van der Waals surface area (Å²) in [6, 6.07) is 0. The van der Waals surface area contributed by atoms with E-state index in [2.05, 4.69) is 18.4 Å².